The summed E-state index contributed by atoms with van der Waals surface area (Å²) in [6, 6.07) is -0.162. The summed E-state index contributed by atoms with van der Waals surface area (Å²) in [4.78, 5) is 4.29. The van der Waals surface area contributed by atoms with E-state index in [-0.39, 0.29) is 6.04 Å². The van der Waals surface area contributed by atoms with Gasteiger partial charge in [0.2, 0.25) is 11.7 Å². The third kappa shape index (κ3) is 1.93. The van der Waals surface area contributed by atoms with Crippen molar-refractivity contribution in [1.82, 2.24) is 10.1 Å². The molecular formula is C10H13N3OS. The Morgan fingerprint density at radius 3 is 2.93 bits per heavy atom. The minimum Gasteiger partial charge on any atom is -0.337 e. The van der Waals surface area contributed by atoms with Crippen molar-refractivity contribution >= 4 is 11.3 Å². The Bertz CT molecular complexity index is 449. The molecular weight excluding hydrogens is 210 g/mol. The number of nitrogens with two attached hydrogens (primary N) is 1. The first-order valence-electron chi connectivity index (χ1n) is 4.84. The van der Waals surface area contributed by atoms with Crippen LogP contribution in [0.2, 0.25) is 0 Å². The molecule has 0 bridgehead atoms. The van der Waals surface area contributed by atoms with Crippen molar-refractivity contribution in [2.24, 2.45) is 5.73 Å². The zero-order chi connectivity index (χ0) is 10.8. The molecule has 4 nitrogen and oxygen atoms in total. The van der Waals surface area contributed by atoms with Gasteiger partial charge in [0, 0.05) is 10.9 Å². The first kappa shape index (κ1) is 10.3. The van der Waals surface area contributed by atoms with Crippen LogP contribution in [-0.4, -0.2) is 10.1 Å². The lowest BCUT2D eigenvalue weighted by atomic mass is 10.2. The average Bonchev–Trinajstić information content (AvgIpc) is 2.84. The zero-order valence-electron chi connectivity index (χ0n) is 8.73. The first-order chi connectivity index (χ1) is 7.22. The Hall–Kier alpha value is -1.20. The van der Waals surface area contributed by atoms with Crippen LogP contribution in [-0.2, 0) is 0 Å². The van der Waals surface area contributed by atoms with Gasteiger partial charge in [0.05, 0.1) is 6.04 Å². The Balaban J connectivity index is 2.32. The Kier molecular flexibility index (Phi) is 2.83. The van der Waals surface area contributed by atoms with Crippen LogP contribution in [0.25, 0.3) is 11.4 Å². The molecule has 0 aliphatic heterocycles. The summed E-state index contributed by atoms with van der Waals surface area (Å²) in [5.41, 5.74) is 8.00. The van der Waals surface area contributed by atoms with Crippen molar-refractivity contribution in [3.63, 3.8) is 0 Å². The highest BCUT2D eigenvalue weighted by Gasteiger charge is 2.15. The fourth-order valence-corrected chi connectivity index (χ4v) is 2.09. The van der Waals surface area contributed by atoms with Crippen LogP contribution in [0.1, 0.15) is 30.8 Å². The highest BCUT2D eigenvalue weighted by Crippen LogP contribution is 2.25. The monoisotopic (exact) mass is 223 g/mol. The molecule has 1 atom stereocenters. The van der Waals surface area contributed by atoms with Crippen molar-refractivity contribution in [2.45, 2.75) is 26.3 Å². The number of nitrogens with zero attached hydrogens (tertiary/aromatic N) is 2. The molecule has 2 heterocycles. The first-order valence-corrected chi connectivity index (χ1v) is 5.79. The lowest BCUT2D eigenvalue weighted by Gasteiger charge is -1.98. The van der Waals surface area contributed by atoms with Gasteiger partial charge in [0.25, 0.3) is 0 Å². The molecule has 2 aromatic rings. The van der Waals surface area contributed by atoms with Crippen LogP contribution < -0.4 is 5.73 Å². The fraction of sp³-hybridized carbons (Fsp3) is 0.400. The average molecular weight is 223 g/mol. The van der Waals surface area contributed by atoms with Crippen molar-refractivity contribution in [3.05, 3.63) is 22.2 Å². The number of thiophene rings is 1. The topological polar surface area (TPSA) is 64.9 Å². The molecule has 5 heteroatoms. The summed E-state index contributed by atoms with van der Waals surface area (Å²) in [7, 11) is 0. The van der Waals surface area contributed by atoms with Gasteiger partial charge in [0.1, 0.15) is 0 Å². The largest absolute Gasteiger partial charge is 0.337 e. The van der Waals surface area contributed by atoms with E-state index in [2.05, 4.69) is 15.5 Å². The summed E-state index contributed by atoms with van der Waals surface area (Å²) in [6.07, 6.45) is 0.796. The predicted molar refractivity (Wildman–Crippen MR) is 59.6 cm³/mol. The summed E-state index contributed by atoms with van der Waals surface area (Å²) >= 11 is 1.63. The smallest absolute Gasteiger partial charge is 0.243 e. The van der Waals surface area contributed by atoms with Gasteiger partial charge in [-0.1, -0.05) is 12.1 Å². The van der Waals surface area contributed by atoms with Crippen LogP contribution in [0.15, 0.2) is 15.3 Å². The summed E-state index contributed by atoms with van der Waals surface area (Å²) in [5, 5.41) is 8.01. The van der Waals surface area contributed by atoms with E-state index in [0.29, 0.717) is 11.7 Å². The molecule has 15 heavy (non-hydrogen) atoms. The third-order valence-electron chi connectivity index (χ3n) is 2.30. The van der Waals surface area contributed by atoms with Crippen LogP contribution in [0.4, 0.5) is 0 Å². The van der Waals surface area contributed by atoms with E-state index < -0.39 is 0 Å². The quantitative estimate of drug-likeness (QED) is 0.868. The van der Waals surface area contributed by atoms with E-state index in [9.17, 15) is 0 Å². The van der Waals surface area contributed by atoms with Gasteiger partial charge in [-0.05, 0) is 24.3 Å². The van der Waals surface area contributed by atoms with Crippen LogP contribution >= 0.6 is 11.3 Å². The van der Waals surface area contributed by atoms with Crippen molar-refractivity contribution in [3.8, 4) is 11.4 Å². The molecule has 0 spiro atoms. The van der Waals surface area contributed by atoms with Crippen molar-refractivity contribution in [1.29, 1.82) is 0 Å². The molecule has 0 unspecified atom stereocenters. The number of hydrogen-bond acceptors (Lipinski definition) is 5. The normalized spacial score (nSPS) is 13.0. The SMILES string of the molecule is CC[C@@H](N)c1nc(-c2cscc2C)no1. The molecule has 2 aromatic heterocycles. The van der Waals surface area contributed by atoms with E-state index in [4.69, 9.17) is 10.3 Å². The van der Waals surface area contributed by atoms with Gasteiger partial charge in [-0.2, -0.15) is 16.3 Å². The molecule has 0 saturated heterocycles. The number of hydrogen-bond donors (Lipinski definition) is 1. The minimum absolute atomic E-state index is 0.162. The van der Waals surface area contributed by atoms with Crippen LogP contribution in [0.3, 0.4) is 0 Å². The molecule has 0 saturated carbocycles. The van der Waals surface area contributed by atoms with E-state index in [1.54, 1.807) is 11.3 Å². The second-order valence-electron chi connectivity index (χ2n) is 3.44. The molecule has 0 aromatic carbocycles. The highest BCUT2D eigenvalue weighted by atomic mass is 32.1. The van der Waals surface area contributed by atoms with Crippen molar-refractivity contribution < 1.29 is 4.52 Å². The van der Waals surface area contributed by atoms with Crippen LogP contribution in [0.5, 0.6) is 0 Å². The lowest BCUT2D eigenvalue weighted by Crippen LogP contribution is -2.08. The highest BCUT2D eigenvalue weighted by molar-refractivity contribution is 7.08. The summed E-state index contributed by atoms with van der Waals surface area (Å²) < 4.78 is 5.11. The lowest BCUT2D eigenvalue weighted by molar-refractivity contribution is 0.352. The van der Waals surface area contributed by atoms with Gasteiger partial charge in [-0.15, -0.1) is 0 Å². The maximum atomic E-state index is 5.81. The maximum Gasteiger partial charge on any atom is 0.243 e. The van der Waals surface area contributed by atoms with Gasteiger partial charge in [-0.25, -0.2) is 0 Å². The fourth-order valence-electron chi connectivity index (χ4n) is 1.26. The number of aromatic nitrogens is 2. The van der Waals surface area contributed by atoms with Crippen molar-refractivity contribution in [2.75, 3.05) is 0 Å². The molecule has 80 valence electrons. The number of aryl methyl sites for hydroxylation is 1. The zero-order valence-corrected chi connectivity index (χ0v) is 9.54. The molecule has 2 rings (SSSR count). The maximum absolute atomic E-state index is 5.81. The Morgan fingerprint density at radius 1 is 1.53 bits per heavy atom. The molecule has 0 fully saturated rings. The standard InChI is InChI=1S/C10H13N3OS/c1-3-8(11)10-12-9(13-14-10)7-5-15-4-6(7)2/h4-5,8H,3,11H2,1-2H3/t8-/m1/s1. The summed E-state index contributed by atoms with van der Waals surface area (Å²) in [6.45, 7) is 4.02. The van der Waals surface area contributed by atoms with Gasteiger partial charge < -0.3 is 10.3 Å². The van der Waals surface area contributed by atoms with Crippen LogP contribution in [0, 0.1) is 6.92 Å². The molecule has 2 N–H and O–H groups in total. The van der Waals surface area contributed by atoms with Gasteiger partial charge >= 0.3 is 0 Å². The van der Waals surface area contributed by atoms with E-state index in [0.717, 1.165) is 17.5 Å². The molecule has 0 aliphatic carbocycles. The number of rotatable bonds is 3. The van der Waals surface area contributed by atoms with E-state index >= 15 is 0 Å². The predicted octanol–water partition coefficient (Wildman–Crippen LogP) is 2.52. The summed E-state index contributed by atoms with van der Waals surface area (Å²) in [5.74, 6) is 1.14. The minimum atomic E-state index is -0.162. The molecule has 0 radical (unpaired) electrons. The van der Waals surface area contributed by atoms with Gasteiger partial charge in [0.15, 0.2) is 0 Å². The molecule has 0 amide bonds. The Labute approximate surface area is 92.1 Å². The van der Waals surface area contributed by atoms with E-state index in [1.165, 1.54) is 0 Å². The van der Waals surface area contributed by atoms with E-state index in [1.807, 2.05) is 19.2 Å². The molecule has 0 aliphatic rings. The Morgan fingerprint density at radius 2 is 2.33 bits per heavy atom. The second kappa shape index (κ2) is 4.12. The van der Waals surface area contributed by atoms with Gasteiger partial charge in [-0.3, -0.25) is 0 Å². The third-order valence-corrected chi connectivity index (χ3v) is 3.16. The second-order valence-corrected chi connectivity index (χ2v) is 4.18.